The standard InChI is InChI=1S/C83H142O17P2/c1-5-9-13-17-21-25-29-33-36-37-38-39-42-45-48-52-56-60-64-68-81(86)94-74-79(100-83(88)70-66-62-58-54-50-46-41-35-31-27-23-19-15-11-7-3)76-98-102(91,92)96-72-77(84)71-95-101(89,90)97-75-78(99-82(87)69-65-61-57-53-49-43-32-28-24-20-16-12-8-4)73-93-80(85)67-63-59-55-51-47-44-40-34-30-26-22-18-14-10-6-2/h9,11,13,15,21,23,25,27,33,35-36,38-39,41,45,48,50,54,56,60,77-79,84H,5-8,10,12,14,16-20,22,24,26,28-32,34,37,40,42-44,46-47,49,51-53,55,57-59,61-76H2,1-4H3,(H,89,90)(H,91,92)/b13-9-,15-11-,25-21-,27-23-,36-33-,39-38-,41-35-,48-45-,54-50-,60-56-. The minimum absolute atomic E-state index is 0.0248. The largest absolute Gasteiger partial charge is 0.472 e. The molecule has 0 aromatic rings. The Morgan fingerprint density at radius 1 is 0.284 bits per heavy atom. The van der Waals surface area contributed by atoms with Crippen molar-refractivity contribution in [1.29, 1.82) is 0 Å². The highest BCUT2D eigenvalue weighted by atomic mass is 31.2. The first-order valence-corrected chi connectivity index (χ1v) is 42.8. The van der Waals surface area contributed by atoms with E-state index in [1.807, 2.05) is 18.2 Å². The lowest BCUT2D eigenvalue weighted by Gasteiger charge is -2.21. The van der Waals surface area contributed by atoms with Crippen LogP contribution in [-0.2, 0) is 65.4 Å². The molecule has 0 heterocycles. The van der Waals surface area contributed by atoms with Gasteiger partial charge in [-0.3, -0.25) is 37.3 Å². The Morgan fingerprint density at radius 2 is 0.529 bits per heavy atom. The van der Waals surface area contributed by atoms with E-state index in [0.29, 0.717) is 38.5 Å². The van der Waals surface area contributed by atoms with E-state index in [-0.39, 0.29) is 25.7 Å². The monoisotopic (exact) mass is 1470 g/mol. The Labute approximate surface area is 619 Å². The van der Waals surface area contributed by atoms with Gasteiger partial charge in [-0.15, -0.1) is 0 Å². The van der Waals surface area contributed by atoms with Gasteiger partial charge in [0, 0.05) is 25.7 Å². The van der Waals surface area contributed by atoms with Crippen LogP contribution in [0.3, 0.4) is 0 Å². The van der Waals surface area contributed by atoms with Gasteiger partial charge in [-0.2, -0.15) is 0 Å². The second kappa shape index (κ2) is 74.7. The van der Waals surface area contributed by atoms with E-state index in [2.05, 4.69) is 131 Å². The Morgan fingerprint density at radius 3 is 0.843 bits per heavy atom. The number of esters is 4. The Balaban J connectivity index is 5.43. The van der Waals surface area contributed by atoms with Crippen LogP contribution in [0.5, 0.6) is 0 Å². The lowest BCUT2D eigenvalue weighted by molar-refractivity contribution is -0.161. The summed E-state index contributed by atoms with van der Waals surface area (Å²) in [7, 11) is -9.98. The molecule has 19 heteroatoms. The molecule has 0 aromatic heterocycles. The van der Waals surface area contributed by atoms with Crippen molar-refractivity contribution in [2.75, 3.05) is 39.6 Å². The van der Waals surface area contributed by atoms with Gasteiger partial charge in [-0.1, -0.05) is 316 Å². The SMILES string of the molecule is CC/C=C\C/C=C\C/C=C\C/C=C\C/C=C\C/C=C\CCC(=O)OCC(COP(=O)(O)OCC(O)COP(=O)(O)OCC(COC(=O)CCCCCCCCCCCCCCCCC)OC(=O)CCCCCCCCCCCCCCC)OC(=O)CCCC/C=C\C/C=C\C/C=C\C/C=C\CC. The van der Waals surface area contributed by atoms with Crippen LogP contribution in [-0.4, -0.2) is 96.7 Å². The molecule has 0 saturated heterocycles. The van der Waals surface area contributed by atoms with Crippen molar-refractivity contribution in [3.05, 3.63) is 122 Å². The van der Waals surface area contributed by atoms with Crippen molar-refractivity contribution < 1.29 is 80.2 Å². The molecule has 0 amide bonds. The molecule has 586 valence electrons. The molecule has 0 saturated carbocycles. The molecule has 5 atom stereocenters. The van der Waals surface area contributed by atoms with Crippen molar-refractivity contribution in [3.8, 4) is 0 Å². The van der Waals surface area contributed by atoms with Crippen molar-refractivity contribution >= 4 is 39.5 Å². The van der Waals surface area contributed by atoms with Gasteiger partial charge in [0.25, 0.3) is 0 Å². The highest BCUT2D eigenvalue weighted by Gasteiger charge is 2.30. The molecule has 5 unspecified atom stereocenters. The van der Waals surface area contributed by atoms with Crippen LogP contribution in [0.4, 0.5) is 0 Å². The fraction of sp³-hybridized carbons (Fsp3) is 0.711. The lowest BCUT2D eigenvalue weighted by Crippen LogP contribution is -2.30. The summed E-state index contributed by atoms with van der Waals surface area (Å²) in [6, 6.07) is 0. The molecule has 0 radical (unpaired) electrons. The zero-order valence-electron chi connectivity index (χ0n) is 64.0. The number of hydrogen-bond acceptors (Lipinski definition) is 15. The van der Waals surface area contributed by atoms with Gasteiger partial charge in [-0.25, -0.2) is 9.13 Å². The van der Waals surface area contributed by atoms with Gasteiger partial charge >= 0.3 is 39.5 Å². The molecule has 17 nitrogen and oxygen atoms in total. The van der Waals surface area contributed by atoms with Crippen LogP contribution in [0.2, 0.25) is 0 Å². The van der Waals surface area contributed by atoms with Gasteiger partial charge in [0.15, 0.2) is 12.2 Å². The zero-order chi connectivity index (χ0) is 74.6. The van der Waals surface area contributed by atoms with Crippen molar-refractivity contribution in [3.63, 3.8) is 0 Å². The fourth-order valence-corrected chi connectivity index (χ4v) is 12.1. The summed E-state index contributed by atoms with van der Waals surface area (Å²) in [6.45, 7) is 4.54. The van der Waals surface area contributed by atoms with E-state index in [1.165, 1.54) is 122 Å². The predicted molar refractivity (Wildman–Crippen MR) is 418 cm³/mol. The number of phosphoric acid groups is 2. The van der Waals surface area contributed by atoms with E-state index in [9.17, 15) is 43.2 Å². The average Bonchev–Trinajstić information content (AvgIpc) is 0.924. The second-order valence-corrected chi connectivity index (χ2v) is 29.2. The molecule has 3 N–H and O–H groups in total. The molecule has 0 aliphatic rings. The van der Waals surface area contributed by atoms with Crippen molar-refractivity contribution in [1.82, 2.24) is 0 Å². The maximum atomic E-state index is 13.1. The predicted octanol–water partition coefficient (Wildman–Crippen LogP) is 23.1. The van der Waals surface area contributed by atoms with Gasteiger partial charge in [0.1, 0.15) is 19.3 Å². The van der Waals surface area contributed by atoms with E-state index < -0.39 is 97.5 Å². The number of aliphatic hydroxyl groups excluding tert-OH is 1. The van der Waals surface area contributed by atoms with E-state index in [0.717, 1.165) is 109 Å². The first-order chi connectivity index (χ1) is 49.7. The number of phosphoric ester groups is 2. The zero-order valence-corrected chi connectivity index (χ0v) is 65.8. The molecule has 0 aromatic carbocycles. The second-order valence-electron chi connectivity index (χ2n) is 26.3. The minimum atomic E-state index is -5.00. The number of unbranched alkanes of at least 4 members (excludes halogenated alkanes) is 28. The van der Waals surface area contributed by atoms with E-state index >= 15 is 0 Å². The van der Waals surface area contributed by atoms with E-state index in [1.54, 1.807) is 0 Å². The number of carbonyl (C=O) groups excluding carboxylic acids is 4. The molecular formula is C83H142O17P2. The first-order valence-electron chi connectivity index (χ1n) is 39.8. The minimum Gasteiger partial charge on any atom is -0.462 e. The topological polar surface area (TPSA) is 237 Å². The number of hydrogen-bond donors (Lipinski definition) is 3. The maximum Gasteiger partial charge on any atom is 0.472 e. The van der Waals surface area contributed by atoms with Gasteiger partial charge in [-0.05, 0) is 103 Å². The summed E-state index contributed by atoms with van der Waals surface area (Å²) < 4.78 is 68.5. The number of ether oxygens (including phenoxy) is 4. The third-order valence-corrected chi connectivity index (χ3v) is 18.4. The highest BCUT2D eigenvalue weighted by molar-refractivity contribution is 7.47. The Bertz CT molecular complexity index is 2410. The van der Waals surface area contributed by atoms with Crippen LogP contribution in [0.15, 0.2) is 122 Å². The summed E-state index contributed by atoms with van der Waals surface area (Å²) in [4.78, 5) is 72.9. The van der Waals surface area contributed by atoms with Gasteiger partial charge in [0.05, 0.1) is 26.4 Å². The van der Waals surface area contributed by atoms with Crippen molar-refractivity contribution in [2.24, 2.45) is 0 Å². The molecule has 0 aliphatic carbocycles. The van der Waals surface area contributed by atoms with Crippen LogP contribution in [0.1, 0.15) is 323 Å². The first kappa shape index (κ1) is 97.5. The normalized spacial score (nSPS) is 14.5. The molecule has 0 rings (SSSR count). The summed E-state index contributed by atoms with van der Waals surface area (Å²) in [6.07, 6.45) is 82.0. The van der Waals surface area contributed by atoms with Crippen molar-refractivity contribution in [2.45, 2.75) is 341 Å². The van der Waals surface area contributed by atoms with Gasteiger partial charge in [0.2, 0.25) is 0 Å². The number of carbonyl (C=O) groups is 4. The van der Waals surface area contributed by atoms with Crippen LogP contribution >= 0.6 is 15.6 Å². The van der Waals surface area contributed by atoms with Crippen LogP contribution < -0.4 is 0 Å². The Hall–Kier alpha value is -4.54. The third-order valence-electron chi connectivity index (χ3n) is 16.5. The molecule has 0 bridgehead atoms. The summed E-state index contributed by atoms with van der Waals surface area (Å²) in [5.41, 5.74) is 0. The molecule has 0 spiro atoms. The fourth-order valence-electron chi connectivity index (χ4n) is 10.5. The molecule has 102 heavy (non-hydrogen) atoms. The smallest absolute Gasteiger partial charge is 0.462 e. The molecule has 0 fully saturated rings. The molecular weight excluding hydrogens is 1330 g/mol. The van der Waals surface area contributed by atoms with E-state index in [4.69, 9.17) is 37.0 Å². The third kappa shape index (κ3) is 73.8. The quantitative estimate of drug-likeness (QED) is 0.0169. The maximum absolute atomic E-state index is 13.1. The van der Waals surface area contributed by atoms with Crippen LogP contribution in [0, 0.1) is 0 Å². The summed E-state index contributed by atoms with van der Waals surface area (Å²) in [5.74, 6) is -2.31. The summed E-state index contributed by atoms with van der Waals surface area (Å²) in [5, 5.41) is 10.6. The van der Waals surface area contributed by atoms with Crippen LogP contribution in [0.25, 0.3) is 0 Å². The highest BCUT2D eigenvalue weighted by Crippen LogP contribution is 2.45. The average molecular weight is 1470 g/mol. The lowest BCUT2D eigenvalue weighted by atomic mass is 10.0. The van der Waals surface area contributed by atoms with Gasteiger partial charge < -0.3 is 33.8 Å². The summed E-state index contributed by atoms with van der Waals surface area (Å²) >= 11 is 0. The number of aliphatic hydroxyl groups is 1. The number of rotatable bonds is 74. The Kier molecular flexibility index (Phi) is 71.4. The number of allylic oxidation sites excluding steroid dienone is 20. The molecule has 0 aliphatic heterocycles.